The van der Waals surface area contributed by atoms with Gasteiger partial charge in [-0.25, -0.2) is 19.2 Å². The van der Waals surface area contributed by atoms with E-state index in [-0.39, 0.29) is 11.6 Å². The summed E-state index contributed by atoms with van der Waals surface area (Å²) in [7, 11) is 3.05. The Bertz CT molecular complexity index is 1690. The smallest absolute Gasteiger partial charge is 0.200 e. The summed E-state index contributed by atoms with van der Waals surface area (Å²) in [4.78, 5) is 12.6. The van der Waals surface area contributed by atoms with Gasteiger partial charge in [0.05, 0.1) is 41.2 Å². The summed E-state index contributed by atoms with van der Waals surface area (Å²) in [5, 5.41) is 1.69. The number of halogens is 1. The Morgan fingerprint density at radius 2 is 1.41 bits per heavy atom. The Morgan fingerprint density at radius 1 is 0.757 bits per heavy atom. The van der Waals surface area contributed by atoms with Crippen LogP contribution in [0.15, 0.2) is 84.9 Å². The molecule has 182 valence electrons. The van der Waals surface area contributed by atoms with Gasteiger partial charge in [-0.05, 0) is 54.6 Å². The Labute approximate surface area is 221 Å². The molecule has 4 aromatic carbocycles. The van der Waals surface area contributed by atoms with E-state index in [0.717, 1.165) is 41.6 Å². The molecule has 0 saturated carbocycles. The molecule has 0 amide bonds. The van der Waals surface area contributed by atoms with Crippen LogP contribution in [-0.4, -0.2) is 24.2 Å². The van der Waals surface area contributed by atoms with Crippen LogP contribution in [0.5, 0.6) is 11.5 Å². The maximum atomic E-state index is 13.6. The molecular weight excluding hydrogens is 505 g/mol. The van der Waals surface area contributed by atoms with E-state index in [1.807, 2.05) is 66.7 Å². The number of rotatable bonds is 4. The van der Waals surface area contributed by atoms with Crippen LogP contribution in [0, 0.1) is 12.4 Å². The van der Waals surface area contributed by atoms with E-state index in [9.17, 15) is 4.39 Å². The van der Waals surface area contributed by atoms with Crippen LogP contribution in [-0.2, 0) is 0 Å². The molecule has 37 heavy (non-hydrogen) atoms. The van der Waals surface area contributed by atoms with E-state index >= 15 is 0 Å². The minimum Gasteiger partial charge on any atom is -0.498 e. The molecule has 0 aliphatic carbocycles. The fourth-order valence-corrected chi connectivity index (χ4v) is 5.66. The quantitative estimate of drug-likeness (QED) is 0.216. The van der Waals surface area contributed by atoms with Crippen molar-refractivity contribution in [3.8, 4) is 32.6 Å². The van der Waals surface area contributed by atoms with Gasteiger partial charge in [-0.1, -0.05) is 30.3 Å². The number of methoxy groups -OCH3 is 2. The molecule has 0 aliphatic rings. The third kappa shape index (κ3) is 5.14. The van der Waals surface area contributed by atoms with Gasteiger partial charge in [-0.3, -0.25) is 0 Å². The third-order valence-electron chi connectivity index (χ3n) is 5.54. The SMILES string of the molecule is COc1ccc(-c2nc3ccccc3s2)cc1F.[C-]#[N+]c1cc(OC)ccc1-c1nc2ccccc2s1. The maximum Gasteiger partial charge on any atom is 0.200 e. The number of benzene rings is 4. The first-order valence-electron chi connectivity index (χ1n) is 11.2. The summed E-state index contributed by atoms with van der Waals surface area (Å²) in [5.74, 6) is 0.574. The number of aromatic nitrogens is 2. The molecule has 0 fully saturated rings. The minimum absolute atomic E-state index is 0.250. The second-order valence-electron chi connectivity index (χ2n) is 7.82. The van der Waals surface area contributed by atoms with Gasteiger partial charge in [0.15, 0.2) is 11.6 Å². The molecule has 0 N–H and O–H groups in total. The van der Waals surface area contributed by atoms with Crippen LogP contribution >= 0.6 is 22.7 Å². The first-order valence-corrected chi connectivity index (χ1v) is 12.8. The molecule has 8 heteroatoms. The molecule has 0 unspecified atom stereocenters. The van der Waals surface area contributed by atoms with E-state index in [4.69, 9.17) is 16.0 Å². The highest BCUT2D eigenvalue weighted by Crippen LogP contribution is 2.38. The highest BCUT2D eigenvalue weighted by molar-refractivity contribution is 7.22. The number of fused-ring (bicyclic) bond motifs is 2. The van der Waals surface area contributed by atoms with Crippen molar-refractivity contribution in [3.05, 3.63) is 102 Å². The van der Waals surface area contributed by atoms with Crippen molar-refractivity contribution >= 4 is 48.8 Å². The maximum absolute atomic E-state index is 13.6. The molecule has 6 aromatic rings. The van der Waals surface area contributed by atoms with Crippen molar-refractivity contribution in [2.45, 2.75) is 0 Å². The number of thiazole rings is 2. The van der Waals surface area contributed by atoms with Crippen molar-refractivity contribution in [1.82, 2.24) is 9.97 Å². The van der Waals surface area contributed by atoms with Crippen molar-refractivity contribution in [2.75, 3.05) is 14.2 Å². The van der Waals surface area contributed by atoms with Crippen LogP contribution in [0.4, 0.5) is 10.1 Å². The highest BCUT2D eigenvalue weighted by Gasteiger charge is 2.12. The molecule has 0 spiro atoms. The molecule has 6 rings (SSSR count). The largest absolute Gasteiger partial charge is 0.498 e. The Balaban J connectivity index is 0.000000152. The molecule has 0 aliphatic heterocycles. The number of hydrogen-bond donors (Lipinski definition) is 0. The average Bonchev–Trinajstić information content (AvgIpc) is 3.57. The van der Waals surface area contributed by atoms with E-state index in [1.165, 1.54) is 13.2 Å². The van der Waals surface area contributed by atoms with Gasteiger partial charge in [0, 0.05) is 11.1 Å². The number of nitrogens with zero attached hydrogens (tertiary/aromatic N) is 3. The number of hydrogen-bond acceptors (Lipinski definition) is 6. The van der Waals surface area contributed by atoms with Crippen LogP contribution in [0.25, 0.3) is 46.4 Å². The molecule has 0 radical (unpaired) electrons. The van der Waals surface area contributed by atoms with Crippen molar-refractivity contribution < 1.29 is 13.9 Å². The van der Waals surface area contributed by atoms with E-state index in [1.54, 1.807) is 41.9 Å². The van der Waals surface area contributed by atoms with Crippen LogP contribution in [0.2, 0.25) is 0 Å². The summed E-state index contributed by atoms with van der Waals surface area (Å²) < 4.78 is 25.9. The topological polar surface area (TPSA) is 48.6 Å². The van der Waals surface area contributed by atoms with Gasteiger partial charge in [0.25, 0.3) is 0 Å². The zero-order chi connectivity index (χ0) is 25.8. The van der Waals surface area contributed by atoms with Gasteiger partial charge in [0.2, 0.25) is 5.69 Å². The highest BCUT2D eigenvalue weighted by atomic mass is 32.1. The summed E-state index contributed by atoms with van der Waals surface area (Å²) in [5.41, 5.74) is 4.10. The van der Waals surface area contributed by atoms with Gasteiger partial charge in [-0.2, -0.15) is 0 Å². The lowest BCUT2D eigenvalue weighted by Crippen LogP contribution is -1.88. The zero-order valence-corrected chi connectivity index (χ0v) is 21.6. The Kier molecular flexibility index (Phi) is 7.08. The van der Waals surface area contributed by atoms with Gasteiger partial charge in [-0.15, -0.1) is 22.7 Å². The third-order valence-corrected chi connectivity index (χ3v) is 7.70. The zero-order valence-electron chi connectivity index (χ0n) is 19.9. The summed E-state index contributed by atoms with van der Waals surface area (Å²) in [6.45, 7) is 7.29. The van der Waals surface area contributed by atoms with Crippen LogP contribution < -0.4 is 9.47 Å². The molecule has 5 nitrogen and oxygen atoms in total. The van der Waals surface area contributed by atoms with Gasteiger partial charge >= 0.3 is 0 Å². The van der Waals surface area contributed by atoms with E-state index in [2.05, 4.69) is 14.8 Å². The second-order valence-corrected chi connectivity index (χ2v) is 9.88. The molecular formula is C29H20FN3O2S2. The lowest BCUT2D eigenvalue weighted by molar-refractivity contribution is 0.386. The van der Waals surface area contributed by atoms with Crippen molar-refractivity contribution in [2.24, 2.45) is 0 Å². The van der Waals surface area contributed by atoms with Crippen LogP contribution in [0.1, 0.15) is 0 Å². The molecule has 0 saturated heterocycles. The van der Waals surface area contributed by atoms with Gasteiger partial charge in [0.1, 0.15) is 15.8 Å². The van der Waals surface area contributed by atoms with E-state index < -0.39 is 0 Å². The molecule has 0 bridgehead atoms. The molecule has 2 aromatic heterocycles. The summed E-state index contributed by atoms with van der Waals surface area (Å²) in [6.07, 6.45) is 0. The number of para-hydroxylation sites is 2. The predicted octanol–water partition coefficient (Wildman–Crippen LogP) is 8.63. The fourth-order valence-electron chi connectivity index (χ4n) is 3.69. The molecule has 0 atom stereocenters. The fraction of sp³-hybridized carbons (Fsp3) is 0.0690. The second kappa shape index (κ2) is 10.7. The summed E-state index contributed by atoms with van der Waals surface area (Å²) in [6, 6.07) is 26.3. The van der Waals surface area contributed by atoms with E-state index in [0.29, 0.717) is 11.4 Å². The summed E-state index contributed by atoms with van der Waals surface area (Å²) >= 11 is 3.15. The Morgan fingerprint density at radius 3 is 2.00 bits per heavy atom. The van der Waals surface area contributed by atoms with Crippen molar-refractivity contribution in [3.63, 3.8) is 0 Å². The first kappa shape index (κ1) is 24.4. The monoisotopic (exact) mass is 525 g/mol. The predicted molar refractivity (Wildman–Crippen MR) is 149 cm³/mol. The van der Waals surface area contributed by atoms with Crippen molar-refractivity contribution in [1.29, 1.82) is 0 Å². The first-order chi connectivity index (χ1) is 18.1. The van der Waals surface area contributed by atoms with Gasteiger partial charge < -0.3 is 9.47 Å². The van der Waals surface area contributed by atoms with Crippen LogP contribution in [0.3, 0.4) is 0 Å². The normalized spacial score (nSPS) is 10.5. The lowest BCUT2D eigenvalue weighted by atomic mass is 10.2. The Hall–Kier alpha value is -4.32. The lowest BCUT2D eigenvalue weighted by Gasteiger charge is -2.03. The average molecular weight is 526 g/mol. The standard InChI is InChI=1S/C15H10N2OS.C14H10FNOS/c1-16-13-9-10(18-2)7-8-11(13)15-17-12-5-3-4-6-14(12)19-15;1-17-12-7-6-9(8-10(12)15)14-16-11-4-2-3-5-13(11)18-14/h3-9H,2H3;2-8H,1H3. The molecule has 2 heterocycles. The number of ether oxygens (including phenoxy) is 2. The minimum atomic E-state index is -0.366.